The number of fused-ring (bicyclic) bond motifs is 1. The van der Waals surface area contributed by atoms with Crippen LogP contribution in [0.4, 0.5) is 0 Å². The maximum atomic E-state index is 12.5. The molecule has 1 N–H and O–H groups in total. The number of rotatable bonds is 4. The molecular formula is C19H19N3O4. The van der Waals surface area contributed by atoms with Gasteiger partial charge in [0.2, 0.25) is 0 Å². The van der Waals surface area contributed by atoms with Crippen molar-refractivity contribution in [1.29, 1.82) is 0 Å². The van der Waals surface area contributed by atoms with Crippen LogP contribution < -0.4 is 10.4 Å². The number of carbonyl (C=O) groups excluding carboxylic acids is 1. The molecule has 1 aliphatic heterocycles. The van der Waals surface area contributed by atoms with Gasteiger partial charge in [-0.25, -0.2) is 9.78 Å². The van der Waals surface area contributed by atoms with Crippen LogP contribution >= 0.6 is 0 Å². The molecule has 134 valence electrons. The molecule has 1 amide bonds. The van der Waals surface area contributed by atoms with Gasteiger partial charge in [-0.2, -0.15) is 0 Å². The average molecular weight is 353 g/mol. The third kappa shape index (κ3) is 3.46. The standard InChI is InChI=1S/C19H19N3O4/c23-17(22-9-1-2-14(11-22)19-20-7-8-21-19)12-25-15-5-3-13-4-6-18(24)26-16(13)10-15/h3-8,10,14H,1-2,9,11-12H2,(H,20,21). The van der Waals surface area contributed by atoms with Crippen LogP contribution in [0.1, 0.15) is 24.6 Å². The number of nitrogens with one attached hydrogen (secondary N) is 1. The predicted octanol–water partition coefficient (Wildman–Crippen LogP) is 2.30. The number of carbonyl (C=O) groups is 1. The number of ether oxygens (including phenoxy) is 1. The van der Waals surface area contributed by atoms with E-state index in [1.165, 1.54) is 6.07 Å². The highest BCUT2D eigenvalue weighted by Gasteiger charge is 2.26. The number of hydrogen-bond donors (Lipinski definition) is 1. The zero-order chi connectivity index (χ0) is 17.9. The summed E-state index contributed by atoms with van der Waals surface area (Å²) in [6.07, 6.45) is 5.49. The van der Waals surface area contributed by atoms with Crippen molar-refractivity contribution >= 4 is 16.9 Å². The summed E-state index contributed by atoms with van der Waals surface area (Å²) in [5.74, 6) is 1.60. The molecule has 1 unspecified atom stereocenters. The predicted molar refractivity (Wildman–Crippen MR) is 95.1 cm³/mol. The van der Waals surface area contributed by atoms with Gasteiger partial charge in [-0.05, 0) is 31.0 Å². The van der Waals surface area contributed by atoms with E-state index < -0.39 is 5.63 Å². The summed E-state index contributed by atoms with van der Waals surface area (Å²) in [4.78, 5) is 33.1. The van der Waals surface area contributed by atoms with E-state index in [-0.39, 0.29) is 18.4 Å². The van der Waals surface area contributed by atoms with Crippen LogP contribution in [-0.4, -0.2) is 40.5 Å². The van der Waals surface area contributed by atoms with Crippen molar-refractivity contribution < 1.29 is 13.9 Å². The first-order valence-corrected chi connectivity index (χ1v) is 8.63. The van der Waals surface area contributed by atoms with Crippen molar-refractivity contribution in [2.45, 2.75) is 18.8 Å². The lowest BCUT2D eigenvalue weighted by atomic mass is 9.97. The number of likely N-dealkylation sites (tertiary alicyclic amines) is 1. The highest BCUT2D eigenvalue weighted by atomic mass is 16.5. The Balaban J connectivity index is 1.39. The third-order valence-corrected chi connectivity index (χ3v) is 4.64. The van der Waals surface area contributed by atoms with Gasteiger partial charge in [0.25, 0.3) is 5.91 Å². The van der Waals surface area contributed by atoms with Gasteiger partial charge in [-0.3, -0.25) is 4.79 Å². The second-order valence-electron chi connectivity index (χ2n) is 6.40. The molecule has 1 fully saturated rings. The third-order valence-electron chi connectivity index (χ3n) is 4.64. The molecule has 0 spiro atoms. The Kier molecular flexibility index (Phi) is 4.43. The second-order valence-corrected chi connectivity index (χ2v) is 6.40. The van der Waals surface area contributed by atoms with Crippen molar-refractivity contribution in [3.8, 4) is 5.75 Å². The molecule has 0 saturated carbocycles. The zero-order valence-corrected chi connectivity index (χ0v) is 14.2. The quantitative estimate of drug-likeness (QED) is 0.727. The molecule has 0 aliphatic carbocycles. The van der Waals surface area contributed by atoms with E-state index in [0.717, 1.165) is 30.6 Å². The van der Waals surface area contributed by atoms with Gasteiger partial charge in [-0.1, -0.05) is 0 Å². The van der Waals surface area contributed by atoms with Gasteiger partial charge in [0.05, 0.1) is 0 Å². The normalized spacial score (nSPS) is 17.4. The summed E-state index contributed by atoms with van der Waals surface area (Å²) in [5, 5.41) is 0.806. The highest BCUT2D eigenvalue weighted by Crippen LogP contribution is 2.24. The van der Waals surface area contributed by atoms with Gasteiger partial charge in [-0.15, -0.1) is 0 Å². The first-order chi connectivity index (χ1) is 12.7. The molecule has 1 saturated heterocycles. The van der Waals surface area contributed by atoms with Crippen LogP contribution in [-0.2, 0) is 4.79 Å². The Morgan fingerprint density at radius 1 is 1.35 bits per heavy atom. The van der Waals surface area contributed by atoms with E-state index in [1.807, 2.05) is 4.90 Å². The number of imidazole rings is 1. The zero-order valence-electron chi connectivity index (χ0n) is 14.2. The number of aromatic nitrogens is 2. The summed E-state index contributed by atoms with van der Waals surface area (Å²) < 4.78 is 10.8. The maximum Gasteiger partial charge on any atom is 0.336 e. The lowest BCUT2D eigenvalue weighted by Crippen LogP contribution is -2.41. The van der Waals surface area contributed by atoms with Crippen molar-refractivity contribution in [1.82, 2.24) is 14.9 Å². The maximum absolute atomic E-state index is 12.5. The van der Waals surface area contributed by atoms with Crippen LogP contribution in [0.2, 0.25) is 0 Å². The topological polar surface area (TPSA) is 88.4 Å². The molecule has 2 aromatic heterocycles. The van der Waals surface area contributed by atoms with Gasteiger partial charge in [0.15, 0.2) is 6.61 Å². The van der Waals surface area contributed by atoms with Crippen LogP contribution in [0.15, 0.2) is 51.9 Å². The van der Waals surface area contributed by atoms with E-state index in [1.54, 1.807) is 36.7 Å². The minimum absolute atomic E-state index is 0.0482. The molecule has 0 radical (unpaired) electrons. The van der Waals surface area contributed by atoms with E-state index in [2.05, 4.69) is 9.97 Å². The van der Waals surface area contributed by atoms with E-state index in [4.69, 9.17) is 9.15 Å². The van der Waals surface area contributed by atoms with Crippen molar-refractivity contribution in [2.24, 2.45) is 0 Å². The minimum atomic E-state index is -0.414. The lowest BCUT2D eigenvalue weighted by molar-refractivity contribution is -0.134. The number of nitrogens with zero attached hydrogens (tertiary/aromatic N) is 2. The fourth-order valence-corrected chi connectivity index (χ4v) is 3.29. The molecule has 0 bridgehead atoms. The molecular weight excluding hydrogens is 334 g/mol. The average Bonchev–Trinajstić information content (AvgIpc) is 3.20. The number of hydrogen-bond acceptors (Lipinski definition) is 5. The molecule has 1 aromatic carbocycles. The van der Waals surface area contributed by atoms with E-state index in [0.29, 0.717) is 17.9 Å². The summed E-state index contributed by atoms with van der Waals surface area (Å²) in [5.41, 5.74) is 0.0290. The molecule has 3 aromatic rings. The first-order valence-electron chi connectivity index (χ1n) is 8.63. The lowest BCUT2D eigenvalue weighted by Gasteiger charge is -2.31. The van der Waals surface area contributed by atoms with Gasteiger partial charge < -0.3 is 19.0 Å². The minimum Gasteiger partial charge on any atom is -0.484 e. The van der Waals surface area contributed by atoms with Crippen molar-refractivity contribution in [2.75, 3.05) is 19.7 Å². The van der Waals surface area contributed by atoms with Gasteiger partial charge in [0, 0.05) is 48.9 Å². The SMILES string of the molecule is O=C(COc1ccc2ccc(=O)oc2c1)N1CCCC(c2ncc[nH]2)C1. The Bertz CT molecular complexity index is 964. The molecule has 26 heavy (non-hydrogen) atoms. The van der Waals surface area contributed by atoms with Crippen LogP contribution in [0, 0.1) is 0 Å². The Hall–Kier alpha value is -3.09. The smallest absolute Gasteiger partial charge is 0.336 e. The number of amides is 1. The summed E-state index contributed by atoms with van der Waals surface area (Å²) in [6.45, 7) is 1.32. The number of aromatic amines is 1. The summed E-state index contributed by atoms with van der Waals surface area (Å²) >= 11 is 0. The Labute approximate surface area is 149 Å². The number of H-pyrrole nitrogens is 1. The Morgan fingerprint density at radius 3 is 3.08 bits per heavy atom. The number of piperidine rings is 1. The van der Waals surface area contributed by atoms with E-state index >= 15 is 0 Å². The fourth-order valence-electron chi connectivity index (χ4n) is 3.29. The van der Waals surface area contributed by atoms with Crippen LogP contribution in [0.25, 0.3) is 11.0 Å². The molecule has 1 atom stereocenters. The molecule has 7 heteroatoms. The molecule has 1 aliphatic rings. The van der Waals surface area contributed by atoms with E-state index in [9.17, 15) is 9.59 Å². The fraction of sp³-hybridized carbons (Fsp3) is 0.316. The van der Waals surface area contributed by atoms with Gasteiger partial charge in [0.1, 0.15) is 17.2 Å². The largest absolute Gasteiger partial charge is 0.484 e. The Morgan fingerprint density at radius 2 is 2.23 bits per heavy atom. The molecule has 3 heterocycles. The van der Waals surface area contributed by atoms with Crippen LogP contribution in [0.5, 0.6) is 5.75 Å². The summed E-state index contributed by atoms with van der Waals surface area (Å²) in [7, 11) is 0. The molecule has 7 nitrogen and oxygen atoms in total. The second kappa shape index (κ2) is 7.03. The molecule has 4 rings (SSSR count). The number of benzene rings is 1. The van der Waals surface area contributed by atoms with Gasteiger partial charge >= 0.3 is 5.63 Å². The first kappa shape index (κ1) is 16.4. The van der Waals surface area contributed by atoms with Crippen LogP contribution in [0.3, 0.4) is 0 Å². The van der Waals surface area contributed by atoms with Crippen molar-refractivity contribution in [3.05, 3.63) is 59.0 Å². The monoisotopic (exact) mass is 353 g/mol. The highest BCUT2D eigenvalue weighted by molar-refractivity contribution is 5.79. The van der Waals surface area contributed by atoms with Crippen molar-refractivity contribution in [3.63, 3.8) is 0 Å². The summed E-state index contributed by atoms with van der Waals surface area (Å²) in [6, 6.07) is 8.26.